The zero-order valence-corrected chi connectivity index (χ0v) is 13.4. The number of fused-ring (bicyclic) bond motifs is 1. The molecule has 0 unspecified atom stereocenters. The molecule has 0 saturated carbocycles. The van der Waals surface area contributed by atoms with Crippen molar-refractivity contribution in [2.75, 3.05) is 31.1 Å². The third kappa shape index (κ3) is 2.91. The van der Waals surface area contributed by atoms with Gasteiger partial charge in [0, 0.05) is 31.3 Å². The lowest BCUT2D eigenvalue weighted by molar-refractivity contribution is 0.203. The van der Waals surface area contributed by atoms with Gasteiger partial charge in [0.2, 0.25) is 0 Å². The number of hydrogen-bond acceptors (Lipinski definition) is 4. The van der Waals surface area contributed by atoms with Gasteiger partial charge >= 0.3 is 0 Å². The van der Waals surface area contributed by atoms with Gasteiger partial charge in [0.1, 0.15) is 0 Å². The fraction of sp³-hybridized carbons (Fsp3) is 0.471. The van der Waals surface area contributed by atoms with Crippen LogP contribution in [0.15, 0.2) is 24.4 Å². The van der Waals surface area contributed by atoms with Gasteiger partial charge < -0.3 is 15.7 Å². The topological polar surface area (TPSA) is 62.4 Å². The highest BCUT2D eigenvalue weighted by Gasteiger charge is 2.23. The van der Waals surface area contributed by atoms with Crippen molar-refractivity contribution >= 4 is 28.2 Å². The zero-order valence-electron chi connectivity index (χ0n) is 12.6. The average Bonchev–Trinajstić information content (AvgIpc) is 2.56. The summed E-state index contributed by atoms with van der Waals surface area (Å²) in [5.41, 5.74) is 9.08. The molecule has 2 heterocycles. The highest BCUT2D eigenvalue weighted by atomic mass is 35.5. The number of nitrogens with zero attached hydrogens (tertiary/aromatic N) is 2. The van der Waals surface area contributed by atoms with Gasteiger partial charge in [-0.15, -0.1) is 0 Å². The van der Waals surface area contributed by atoms with E-state index in [4.69, 9.17) is 17.3 Å². The van der Waals surface area contributed by atoms with Crippen molar-refractivity contribution in [1.29, 1.82) is 0 Å². The van der Waals surface area contributed by atoms with E-state index in [1.54, 1.807) is 0 Å². The zero-order chi connectivity index (χ0) is 15.5. The largest absolute Gasteiger partial charge is 0.396 e. The minimum absolute atomic E-state index is 0.281. The van der Waals surface area contributed by atoms with Gasteiger partial charge in [-0.2, -0.15) is 0 Å². The lowest BCUT2D eigenvalue weighted by Crippen LogP contribution is -2.35. The van der Waals surface area contributed by atoms with Crippen molar-refractivity contribution in [2.24, 2.45) is 11.7 Å². The summed E-state index contributed by atoms with van der Waals surface area (Å²) in [5, 5.41) is 11.1. The number of benzene rings is 1. The summed E-state index contributed by atoms with van der Waals surface area (Å²) < 4.78 is 0. The second-order valence-corrected chi connectivity index (χ2v) is 6.32. The molecule has 3 N–H and O–H groups in total. The Labute approximate surface area is 135 Å². The van der Waals surface area contributed by atoms with Crippen molar-refractivity contribution in [3.63, 3.8) is 0 Å². The molecule has 118 valence electrons. The number of anilines is 1. The van der Waals surface area contributed by atoms with Crippen molar-refractivity contribution in [3.8, 4) is 0 Å². The van der Waals surface area contributed by atoms with Gasteiger partial charge in [0.15, 0.2) is 0 Å². The number of hydrogen-bond donors (Lipinski definition) is 2. The van der Waals surface area contributed by atoms with Crippen LogP contribution in [0.5, 0.6) is 0 Å². The Bertz CT molecular complexity index is 654. The Balaban J connectivity index is 2.06. The molecule has 1 aromatic carbocycles. The second-order valence-electron chi connectivity index (χ2n) is 5.92. The third-order valence-corrected chi connectivity index (χ3v) is 4.81. The van der Waals surface area contributed by atoms with Crippen LogP contribution in [-0.2, 0) is 6.42 Å². The number of rotatable bonds is 4. The summed E-state index contributed by atoms with van der Waals surface area (Å²) >= 11 is 6.42. The van der Waals surface area contributed by atoms with Crippen LogP contribution in [0.4, 0.5) is 5.69 Å². The van der Waals surface area contributed by atoms with E-state index in [-0.39, 0.29) is 6.61 Å². The molecule has 2 aromatic rings. The summed E-state index contributed by atoms with van der Waals surface area (Å²) in [4.78, 5) is 6.96. The molecule has 1 aromatic heterocycles. The highest BCUT2D eigenvalue weighted by molar-refractivity contribution is 6.36. The smallest absolute Gasteiger partial charge is 0.0953 e. The summed E-state index contributed by atoms with van der Waals surface area (Å²) in [6.07, 6.45) is 4.63. The Kier molecular flexibility index (Phi) is 4.81. The molecule has 0 atom stereocenters. The fourth-order valence-electron chi connectivity index (χ4n) is 3.28. The van der Waals surface area contributed by atoms with Crippen molar-refractivity contribution < 1.29 is 5.11 Å². The first kappa shape index (κ1) is 15.5. The first-order valence-electron chi connectivity index (χ1n) is 7.86. The molecule has 0 bridgehead atoms. The molecule has 0 amide bonds. The molecule has 0 aliphatic carbocycles. The summed E-state index contributed by atoms with van der Waals surface area (Å²) in [6, 6.07) is 5.96. The molecule has 1 aliphatic heterocycles. The Morgan fingerprint density at radius 3 is 2.82 bits per heavy atom. The predicted octanol–water partition coefficient (Wildman–Crippen LogP) is 2.60. The molecule has 3 rings (SSSR count). The summed E-state index contributed by atoms with van der Waals surface area (Å²) in [7, 11) is 0. The van der Waals surface area contributed by atoms with Gasteiger partial charge in [-0.1, -0.05) is 11.6 Å². The maximum Gasteiger partial charge on any atom is 0.0953 e. The highest BCUT2D eigenvalue weighted by Crippen LogP contribution is 2.36. The monoisotopic (exact) mass is 319 g/mol. The number of aliphatic hydroxyl groups is 1. The van der Waals surface area contributed by atoms with Crippen LogP contribution >= 0.6 is 11.6 Å². The van der Waals surface area contributed by atoms with Gasteiger partial charge in [0.25, 0.3) is 0 Å². The minimum Gasteiger partial charge on any atom is -0.396 e. The Morgan fingerprint density at radius 1 is 1.36 bits per heavy atom. The molecule has 4 nitrogen and oxygen atoms in total. The van der Waals surface area contributed by atoms with E-state index >= 15 is 0 Å². The van der Waals surface area contributed by atoms with Crippen LogP contribution in [0.3, 0.4) is 0 Å². The van der Waals surface area contributed by atoms with E-state index < -0.39 is 0 Å². The number of aliphatic hydroxyl groups excluding tert-OH is 1. The predicted molar refractivity (Wildman–Crippen MR) is 91.5 cm³/mol. The molecule has 1 fully saturated rings. The van der Waals surface area contributed by atoms with Gasteiger partial charge in [-0.05, 0) is 55.5 Å². The van der Waals surface area contributed by atoms with Gasteiger partial charge in [0.05, 0.1) is 16.2 Å². The molecule has 1 aliphatic rings. The maximum atomic E-state index is 9.33. The first-order chi connectivity index (χ1) is 10.7. The standard InChI is InChI=1S/C17H22ClN3O/c18-15-10-13(3-6-19)17(16-14(15)2-1-7-20-16)21-8-4-12(11-22)5-9-21/h1-2,7,10,12,22H,3-6,8-9,11,19H2. The summed E-state index contributed by atoms with van der Waals surface area (Å²) in [6.45, 7) is 2.75. The SMILES string of the molecule is NCCc1cc(Cl)c2cccnc2c1N1CCC(CO)CC1. The normalized spacial score (nSPS) is 16.4. The number of pyridine rings is 1. The molecule has 22 heavy (non-hydrogen) atoms. The number of piperidine rings is 1. The number of aromatic nitrogens is 1. The van der Waals surface area contributed by atoms with Crippen LogP contribution in [0.25, 0.3) is 10.9 Å². The van der Waals surface area contributed by atoms with Crippen LogP contribution < -0.4 is 10.6 Å². The summed E-state index contributed by atoms with van der Waals surface area (Å²) in [5.74, 6) is 0.417. The van der Waals surface area contributed by atoms with E-state index in [1.165, 1.54) is 11.3 Å². The van der Waals surface area contributed by atoms with E-state index in [9.17, 15) is 5.11 Å². The average molecular weight is 320 g/mol. The lowest BCUT2D eigenvalue weighted by Gasteiger charge is -2.34. The van der Waals surface area contributed by atoms with Crippen LogP contribution in [-0.4, -0.2) is 36.3 Å². The van der Waals surface area contributed by atoms with Crippen molar-refractivity contribution in [2.45, 2.75) is 19.3 Å². The van der Waals surface area contributed by atoms with Gasteiger partial charge in [-0.25, -0.2) is 0 Å². The molecule has 0 spiro atoms. The molecular formula is C17H22ClN3O. The number of halogens is 1. The van der Waals surface area contributed by atoms with E-state index in [0.29, 0.717) is 12.5 Å². The van der Waals surface area contributed by atoms with Crippen LogP contribution in [0.1, 0.15) is 18.4 Å². The first-order valence-corrected chi connectivity index (χ1v) is 8.24. The molecule has 0 radical (unpaired) electrons. The van der Waals surface area contributed by atoms with E-state index in [1.807, 2.05) is 24.4 Å². The minimum atomic E-state index is 0.281. The third-order valence-electron chi connectivity index (χ3n) is 4.50. The van der Waals surface area contributed by atoms with Crippen molar-refractivity contribution in [3.05, 3.63) is 35.0 Å². The van der Waals surface area contributed by atoms with Crippen LogP contribution in [0, 0.1) is 5.92 Å². The maximum absolute atomic E-state index is 9.33. The lowest BCUT2D eigenvalue weighted by atomic mass is 9.95. The molecule has 1 saturated heterocycles. The second kappa shape index (κ2) is 6.82. The fourth-order valence-corrected chi connectivity index (χ4v) is 3.56. The molecule has 5 heteroatoms. The van der Waals surface area contributed by atoms with Crippen LogP contribution in [0.2, 0.25) is 5.02 Å². The molecular weight excluding hydrogens is 298 g/mol. The van der Waals surface area contributed by atoms with E-state index in [0.717, 1.165) is 48.3 Å². The number of nitrogens with two attached hydrogens (primary N) is 1. The quantitative estimate of drug-likeness (QED) is 0.909. The van der Waals surface area contributed by atoms with E-state index in [2.05, 4.69) is 9.88 Å². The Morgan fingerprint density at radius 2 is 2.14 bits per heavy atom. The Hall–Kier alpha value is -1.36. The van der Waals surface area contributed by atoms with Gasteiger partial charge in [-0.3, -0.25) is 4.98 Å². The van der Waals surface area contributed by atoms with Crippen molar-refractivity contribution in [1.82, 2.24) is 4.98 Å².